The second kappa shape index (κ2) is 6.58. The number of aliphatic hydroxyl groups excluding tert-OH is 2. The third-order valence-corrected chi connectivity index (χ3v) is 2.76. The van der Waals surface area contributed by atoms with Gasteiger partial charge in [0.1, 0.15) is 0 Å². The van der Waals surface area contributed by atoms with Gasteiger partial charge in [0.15, 0.2) is 11.6 Å². The molecule has 0 fully saturated rings. The standard InChI is InChI=1S/C13H17F2NO3/c1-13(7-17,8-18)16-12(19)5-3-9-2-4-10(14)11(15)6-9/h2,4,6,17-18H,3,5,7-8H2,1H3,(H,16,19). The summed E-state index contributed by atoms with van der Waals surface area (Å²) in [6.45, 7) is 0.725. The Balaban J connectivity index is 2.52. The molecule has 106 valence electrons. The van der Waals surface area contributed by atoms with Gasteiger partial charge in [-0.05, 0) is 31.0 Å². The Morgan fingerprint density at radius 1 is 1.26 bits per heavy atom. The zero-order chi connectivity index (χ0) is 14.5. The smallest absolute Gasteiger partial charge is 0.220 e. The molecular weight excluding hydrogens is 256 g/mol. The lowest BCUT2D eigenvalue weighted by Crippen LogP contribution is -2.51. The predicted octanol–water partition coefficient (Wildman–Crippen LogP) is 0.757. The van der Waals surface area contributed by atoms with Gasteiger partial charge in [-0.3, -0.25) is 4.79 Å². The molecule has 1 amide bonds. The van der Waals surface area contributed by atoms with Crippen LogP contribution in [0.1, 0.15) is 18.9 Å². The summed E-state index contributed by atoms with van der Waals surface area (Å²) in [4.78, 5) is 11.6. The van der Waals surface area contributed by atoms with Crippen LogP contribution in [0.2, 0.25) is 0 Å². The third kappa shape index (κ3) is 4.57. The third-order valence-electron chi connectivity index (χ3n) is 2.76. The highest BCUT2D eigenvalue weighted by Crippen LogP contribution is 2.11. The number of benzene rings is 1. The van der Waals surface area contributed by atoms with Crippen molar-refractivity contribution in [3.63, 3.8) is 0 Å². The summed E-state index contributed by atoms with van der Waals surface area (Å²) in [7, 11) is 0. The largest absolute Gasteiger partial charge is 0.394 e. The average molecular weight is 273 g/mol. The fraction of sp³-hybridized carbons (Fsp3) is 0.462. The second-order valence-electron chi connectivity index (χ2n) is 4.67. The fourth-order valence-corrected chi connectivity index (χ4v) is 1.48. The predicted molar refractivity (Wildman–Crippen MR) is 65.4 cm³/mol. The molecular formula is C13H17F2NO3. The van der Waals surface area contributed by atoms with Gasteiger partial charge >= 0.3 is 0 Å². The molecule has 0 aromatic heterocycles. The Morgan fingerprint density at radius 2 is 1.89 bits per heavy atom. The molecule has 0 bridgehead atoms. The Morgan fingerprint density at radius 3 is 2.42 bits per heavy atom. The van der Waals surface area contributed by atoms with Gasteiger partial charge in [-0.2, -0.15) is 0 Å². The molecule has 0 heterocycles. The lowest BCUT2D eigenvalue weighted by atomic mass is 10.0. The van der Waals surface area contributed by atoms with E-state index in [4.69, 9.17) is 10.2 Å². The molecule has 1 aromatic rings. The summed E-state index contributed by atoms with van der Waals surface area (Å²) in [5.41, 5.74) is -0.575. The minimum absolute atomic E-state index is 0.0562. The lowest BCUT2D eigenvalue weighted by molar-refractivity contribution is -0.124. The molecule has 3 N–H and O–H groups in total. The van der Waals surface area contributed by atoms with E-state index in [0.29, 0.717) is 5.56 Å². The molecule has 1 aromatic carbocycles. The summed E-state index contributed by atoms with van der Waals surface area (Å²) in [6.07, 6.45) is 0.302. The molecule has 0 saturated carbocycles. The molecule has 0 aliphatic carbocycles. The number of aliphatic hydroxyl groups is 2. The Bertz CT molecular complexity index is 448. The zero-order valence-corrected chi connectivity index (χ0v) is 10.6. The van der Waals surface area contributed by atoms with Crippen LogP contribution in [-0.2, 0) is 11.2 Å². The number of hydrogen-bond donors (Lipinski definition) is 3. The molecule has 0 saturated heterocycles. The topological polar surface area (TPSA) is 69.6 Å². The molecule has 0 unspecified atom stereocenters. The second-order valence-corrected chi connectivity index (χ2v) is 4.67. The van der Waals surface area contributed by atoms with E-state index < -0.39 is 17.2 Å². The van der Waals surface area contributed by atoms with E-state index in [9.17, 15) is 13.6 Å². The molecule has 0 spiro atoms. The quantitative estimate of drug-likeness (QED) is 0.716. The average Bonchev–Trinajstić information content (AvgIpc) is 2.40. The van der Waals surface area contributed by atoms with Gasteiger partial charge in [-0.1, -0.05) is 6.07 Å². The number of carbonyl (C=O) groups excluding carboxylic acids is 1. The first-order valence-corrected chi connectivity index (χ1v) is 5.87. The van der Waals surface area contributed by atoms with Gasteiger partial charge in [0, 0.05) is 6.42 Å². The van der Waals surface area contributed by atoms with Crippen molar-refractivity contribution in [2.75, 3.05) is 13.2 Å². The number of carbonyl (C=O) groups is 1. The number of amides is 1. The van der Waals surface area contributed by atoms with Crippen LogP contribution in [0.25, 0.3) is 0 Å². The van der Waals surface area contributed by atoms with Gasteiger partial charge in [0.2, 0.25) is 5.91 Å². The van der Waals surface area contributed by atoms with Crippen LogP contribution in [0.3, 0.4) is 0 Å². The van der Waals surface area contributed by atoms with Crippen molar-refractivity contribution in [2.24, 2.45) is 0 Å². The zero-order valence-electron chi connectivity index (χ0n) is 10.6. The Kier molecular flexibility index (Phi) is 5.38. The van der Waals surface area contributed by atoms with E-state index in [0.717, 1.165) is 12.1 Å². The van der Waals surface area contributed by atoms with Crippen LogP contribution in [0.15, 0.2) is 18.2 Å². The first-order valence-electron chi connectivity index (χ1n) is 5.87. The molecule has 0 atom stereocenters. The van der Waals surface area contributed by atoms with E-state index in [1.165, 1.54) is 13.0 Å². The van der Waals surface area contributed by atoms with Gasteiger partial charge in [-0.15, -0.1) is 0 Å². The van der Waals surface area contributed by atoms with E-state index in [1.54, 1.807) is 0 Å². The molecule has 4 nitrogen and oxygen atoms in total. The van der Waals surface area contributed by atoms with Gasteiger partial charge in [-0.25, -0.2) is 8.78 Å². The first-order chi connectivity index (χ1) is 8.90. The monoisotopic (exact) mass is 273 g/mol. The van der Waals surface area contributed by atoms with Crippen molar-refractivity contribution >= 4 is 5.91 Å². The summed E-state index contributed by atoms with van der Waals surface area (Å²) in [6, 6.07) is 3.46. The van der Waals surface area contributed by atoms with Gasteiger partial charge in [0.05, 0.1) is 18.8 Å². The fourth-order valence-electron chi connectivity index (χ4n) is 1.48. The van der Waals surface area contributed by atoms with Crippen LogP contribution in [-0.4, -0.2) is 34.9 Å². The van der Waals surface area contributed by atoms with Crippen molar-refractivity contribution in [1.29, 1.82) is 0 Å². The summed E-state index contributed by atoms with van der Waals surface area (Å²) < 4.78 is 25.6. The SMILES string of the molecule is CC(CO)(CO)NC(=O)CCc1ccc(F)c(F)c1. The molecule has 1 rings (SSSR count). The molecule has 0 aliphatic heterocycles. The highest BCUT2D eigenvalue weighted by molar-refractivity contribution is 5.77. The van der Waals surface area contributed by atoms with Crippen LogP contribution >= 0.6 is 0 Å². The maximum atomic E-state index is 12.9. The maximum absolute atomic E-state index is 12.9. The summed E-state index contributed by atoms with van der Waals surface area (Å²) in [5.74, 6) is -2.26. The first kappa shape index (κ1) is 15.5. The van der Waals surface area contributed by atoms with E-state index in [-0.39, 0.29) is 32.0 Å². The molecule has 19 heavy (non-hydrogen) atoms. The van der Waals surface area contributed by atoms with E-state index >= 15 is 0 Å². The van der Waals surface area contributed by atoms with Gasteiger partial charge in [0.25, 0.3) is 0 Å². The number of hydrogen-bond acceptors (Lipinski definition) is 3. The van der Waals surface area contributed by atoms with Crippen LogP contribution in [0.5, 0.6) is 0 Å². The molecule has 0 aliphatic rings. The number of rotatable bonds is 6. The minimum atomic E-state index is -1.08. The van der Waals surface area contributed by atoms with Crippen molar-refractivity contribution in [3.8, 4) is 0 Å². The number of aryl methyl sites for hydroxylation is 1. The normalized spacial score (nSPS) is 11.4. The van der Waals surface area contributed by atoms with Gasteiger partial charge < -0.3 is 15.5 Å². The highest BCUT2D eigenvalue weighted by atomic mass is 19.2. The van der Waals surface area contributed by atoms with Crippen LogP contribution < -0.4 is 5.32 Å². The van der Waals surface area contributed by atoms with Crippen LogP contribution in [0.4, 0.5) is 8.78 Å². The van der Waals surface area contributed by atoms with Crippen molar-refractivity contribution in [2.45, 2.75) is 25.3 Å². The Hall–Kier alpha value is -1.53. The minimum Gasteiger partial charge on any atom is -0.394 e. The highest BCUT2D eigenvalue weighted by Gasteiger charge is 2.24. The van der Waals surface area contributed by atoms with E-state index in [2.05, 4.69) is 5.32 Å². The van der Waals surface area contributed by atoms with Crippen molar-refractivity contribution in [1.82, 2.24) is 5.32 Å². The maximum Gasteiger partial charge on any atom is 0.220 e. The lowest BCUT2D eigenvalue weighted by Gasteiger charge is -2.26. The summed E-state index contributed by atoms with van der Waals surface area (Å²) >= 11 is 0. The van der Waals surface area contributed by atoms with Crippen LogP contribution in [0, 0.1) is 11.6 Å². The summed E-state index contributed by atoms with van der Waals surface area (Å²) in [5, 5.41) is 20.5. The van der Waals surface area contributed by atoms with Crippen molar-refractivity contribution in [3.05, 3.63) is 35.4 Å². The number of halogens is 2. The van der Waals surface area contributed by atoms with E-state index in [1.807, 2.05) is 0 Å². The Labute approximate surface area is 110 Å². The molecule has 6 heteroatoms. The van der Waals surface area contributed by atoms with Crippen molar-refractivity contribution < 1.29 is 23.8 Å². The molecule has 0 radical (unpaired) electrons. The number of nitrogens with one attached hydrogen (secondary N) is 1.